The minimum absolute atomic E-state index is 0. The maximum Gasteiger partial charge on any atom is 0.138 e. The highest BCUT2D eigenvalue weighted by Gasteiger charge is 2.12. The number of hydrogen-bond donors (Lipinski definition) is 0. The van der Waals surface area contributed by atoms with Crippen molar-refractivity contribution < 1.29 is 4.74 Å². The van der Waals surface area contributed by atoms with Gasteiger partial charge in [-0.1, -0.05) is 63.3 Å². The topological polar surface area (TPSA) is 39.9 Å². The Kier molecular flexibility index (Phi) is 6.81. The molecule has 0 aliphatic heterocycles. The lowest BCUT2D eigenvalue weighted by Gasteiger charge is -2.18. The molecule has 2 heterocycles. The molecule has 4 rings (SSSR count). The Morgan fingerprint density at radius 3 is 2.26 bits per heavy atom. The summed E-state index contributed by atoms with van der Waals surface area (Å²) in [6, 6.07) is 18.9. The fourth-order valence-electron chi connectivity index (χ4n) is 3.37. The zero-order valence-corrected chi connectivity index (χ0v) is 19.2. The highest BCUT2D eigenvalue weighted by Crippen LogP contribution is 2.24. The Morgan fingerprint density at radius 2 is 1.61 bits per heavy atom. The molecule has 0 unspecified atom stereocenters. The summed E-state index contributed by atoms with van der Waals surface area (Å²) < 4.78 is 7.46. The van der Waals surface area contributed by atoms with Crippen LogP contribution in [0.15, 0.2) is 67.1 Å². The molecule has 2 aromatic heterocycles. The first-order valence-corrected chi connectivity index (χ1v) is 10.3. The first-order valence-electron chi connectivity index (χ1n) is 10.3. The maximum atomic E-state index is 5.47. The van der Waals surface area contributed by atoms with E-state index >= 15 is 0 Å². The second kappa shape index (κ2) is 9.36. The summed E-state index contributed by atoms with van der Waals surface area (Å²) in [5.74, 6) is 1.59. The van der Waals surface area contributed by atoms with Crippen molar-refractivity contribution in [2.24, 2.45) is 0 Å². The summed E-state index contributed by atoms with van der Waals surface area (Å²) >= 11 is 0. The summed E-state index contributed by atoms with van der Waals surface area (Å²) in [4.78, 5) is 9.06. The molecule has 0 amide bonds. The number of aromatic nitrogens is 3. The van der Waals surface area contributed by atoms with Crippen LogP contribution in [0.25, 0.3) is 29.0 Å². The quantitative estimate of drug-likeness (QED) is 0.328. The van der Waals surface area contributed by atoms with Gasteiger partial charge in [-0.3, -0.25) is 4.57 Å². The minimum Gasteiger partial charge on any atom is -0.492 e. The normalized spacial score (nSPS) is 11.6. The zero-order chi connectivity index (χ0) is 21.1. The van der Waals surface area contributed by atoms with Crippen LogP contribution in [0.1, 0.15) is 44.4 Å². The molecule has 160 valence electrons. The number of halogens is 1. The average molecular weight is 434 g/mol. The molecule has 31 heavy (non-hydrogen) atoms. The maximum absolute atomic E-state index is 5.47. The van der Waals surface area contributed by atoms with E-state index in [4.69, 9.17) is 4.74 Å². The Balaban J connectivity index is 0.00000272. The number of imidazole rings is 1. The lowest BCUT2D eigenvalue weighted by molar-refractivity contribution is 0.339. The van der Waals surface area contributed by atoms with Crippen LogP contribution in [-0.4, -0.2) is 21.1 Å². The van der Waals surface area contributed by atoms with E-state index < -0.39 is 0 Å². The minimum atomic E-state index is 0. The van der Waals surface area contributed by atoms with E-state index in [1.54, 1.807) is 6.20 Å². The summed E-state index contributed by atoms with van der Waals surface area (Å²) in [6.07, 6.45) is 7.82. The number of nitrogens with zero attached hydrogens (tertiary/aromatic N) is 3. The summed E-state index contributed by atoms with van der Waals surface area (Å²) in [5, 5.41) is 0. The number of benzene rings is 2. The van der Waals surface area contributed by atoms with Gasteiger partial charge < -0.3 is 4.74 Å². The molecule has 0 atom stereocenters. The van der Waals surface area contributed by atoms with Gasteiger partial charge in [-0.2, -0.15) is 0 Å². The largest absolute Gasteiger partial charge is 0.492 e. The molecule has 5 heteroatoms. The molecule has 0 aliphatic rings. The molecule has 0 spiro atoms. The number of fused-ring (bicyclic) bond motifs is 1. The fourth-order valence-corrected chi connectivity index (χ4v) is 3.37. The van der Waals surface area contributed by atoms with Gasteiger partial charge in [0.25, 0.3) is 0 Å². The third-order valence-corrected chi connectivity index (χ3v) is 5.09. The molecule has 0 fully saturated rings. The van der Waals surface area contributed by atoms with Crippen LogP contribution in [0.2, 0.25) is 0 Å². The summed E-state index contributed by atoms with van der Waals surface area (Å²) in [5.41, 5.74) is 5.79. The van der Waals surface area contributed by atoms with Crippen molar-refractivity contribution in [2.45, 2.75) is 33.1 Å². The van der Waals surface area contributed by atoms with Gasteiger partial charge in [0.15, 0.2) is 0 Å². The van der Waals surface area contributed by atoms with Crippen molar-refractivity contribution in [1.82, 2.24) is 14.5 Å². The Bertz CT molecular complexity index is 1170. The van der Waals surface area contributed by atoms with E-state index in [9.17, 15) is 0 Å². The second-order valence-corrected chi connectivity index (χ2v) is 8.35. The predicted octanol–water partition coefficient (Wildman–Crippen LogP) is 6.71. The van der Waals surface area contributed by atoms with Gasteiger partial charge in [0.1, 0.15) is 17.9 Å². The van der Waals surface area contributed by atoms with Gasteiger partial charge in [-0.15, -0.1) is 12.4 Å². The van der Waals surface area contributed by atoms with Gasteiger partial charge >= 0.3 is 0 Å². The van der Waals surface area contributed by atoms with Gasteiger partial charge in [0.05, 0.1) is 23.8 Å². The highest BCUT2D eigenvalue weighted by atomic mass is 35.5. The van der Waals surface area contributed by atoms with Crippen molar-refractivity contribution in [3.05, 3.63) is 83.8 Å². The molecule has 0 saturated carbocycles. The molecule has 2 aromatic carbocycles. The number of rotatable bonds is 5. The Labute approximate surface area is 190 Å². The first kappa shape index (κ1) is 22.6. The molecule has 0 saturated heterocycles. The van der Waals surface area contributed by atoms with Crippen molar-refractivity contribution >= 4 is 35.6 Å². The molecule has 0 bridgehead atoms. The Hall–Kier alpha value is -3.11. The van der Waals surface area contributed by atoms with Gasteiger partial charge in [-0.25, -0.2) is 9.97 Å². The van der Waals surface area contributed by atoms with Crippen LogP contribution < -0.4 is 4.74 Å². The molecule has 0 radical (unpaired) electrons. The zero-order valence-electron chi connectivity index (χ0n) is 18.4. The molecule has 4 aromatic rings. The standard InChI is InChI=1S/C26H27N3O.ClH/c1-5-30-22-13-15-25(27-17-22)29-18-28-23-16-20(10-14-24(23)29)7-6-19-8-11-21(12-9-19)26(2,3)4;/h6-18H,5H2,1-4H3;1H/b7-6+;. The number of hydrogen-bond acceptors (Lipinski definition) is 3. The lowest BCUT2D eigenvalue weighted by atomic mass is 9.87. The lowest BCUT2D eigenvalue weighted by Crippen LogP contribution is -2.10. The van der Waals surface area contributed by atoms with Crippen molar-refractivity contribution in [3.8, 4) is 11.6 Å². The molecular weight excluding hydrogens is 406 g/mol. The van der Waals surface area contributed by atoms with Crippen LogP contribution in [0.3, 0.4) is 0 Å². The van der Waals surface area contributed by atoms with Crippen LogP contribution in [0.4, 0.5) is 0 Å². The molecule has 4 nitrogen and oxygen atoms in total. The van der Waals surface area contributed by atoms with E-state index in [1.165, 1.54) is 11.1 Å². The van der Waals surface area contributed by atoms with E-state index in [0.29, 0.717) is 6.61 Å². The summed E-state index contributed by atoms with van der Waals surface area (Å²) in [7, 11) is 0. The Morgan fingerprint density at radius 1 is 0.903 bits per heavy atom. The van der Waals surface area contributed by atoms with E-state index in [0.717, 1.165) is 28.2 Å². The van der Waals surface area contributed by atoms with Crippen LogP contribution in [0.5, 0.6) is 5.75 Å². The van der Waals surface area contributed by atoms with Gasteiger partial charge in [0, 0.05) is 0 Å². The molecule has 0 N–H and O–H groups in total. The summed E-state index contributed by atoms with van der Waals surface area (Å²) in [6.45, 7) is 9.29. The van der Waals surface area contributed by atoms with E-state index in [-0.39, 0.29) is 17.8 Å². The monoisotopic (exact) mass is 433 g/mol. The highest BCUT2D eigenvalue weighted by molar-refractivity contribution is 5.85. The predicted molar refractivity (Wildman–Crippen MR) is 131 cm³/mol. The van der Waals surface area contributed by atoms with Crippen molar-refractivity contribution in [3.63, 3.8) is 0 Å². The first-order chi connectivity index (χ1) is 14.4. The van der Waals surface area contributed by atoms with Crippen LogP contribution in [-0.2, 0) is 5.41 Å². The average Bonchev–Trinajstić information content (AvgIpc) is 3.16. The SMILES string of the molecule is CCOc1ccc(-n2cnc3cc(/C=C/c4ccc(C(C)(C)C)cc4)ccc32)nc1.Cl. The van der Waals surface area contributed by atoms with Gasteiger partial charge in [0.2, 0.25) is 0 Å². The van der Waals surface area contributed by atoms with Crippen LogP contribution >= 0.6 is 12.4 Å². The molecular formula is C26H28ClN3O. The van der Waals surface area contributed by atoms with Crippen LogP contribution in [0, 0.1) is 0 Å². The smallest absolute Gasteiger partial charge is 0.138 e. The van der Waals surface area contributed by atoms with E-state index in [2.05, 4.69) is 85.4 Å². The number of ether oxygens (including phenoxy) is 1. The third-order valence-electron chi connectivity index (χ3n) is 5.09. The molecule has 0 aliphatic carbocycles. The number of pyridine rings is 1. The third kappa shape index (κ3) is 5.15. The van der Waals surface area contributed by atoms with Crippen molar-refractivity contribution in [2.75, 3.05) is 6.61 Å². The van der Waals surface area contributed by atoms with Gasteiger partial charge in [-0.05, 0) is 53.3 Å². The van der Waals surface area contributed by atoms with Crippen molar-refractivity contribution in [1.29, 1.82) is 0 Å². The second-order valence-electron chi connectivity index (χ2n) is 8.35. The fraction of sp³-hybridized carbons (Fsp3) is 0.231. The van der Waals surface area contributed by atoms with E-state index in [1.807, 2.05) is 30.0 Å².